The van der Waals surface area contributed by atoms with Gasteiger partial charge in [0.1, 0.15) is 0 Å². The minimum absolute atomic E-state index is 0.0428. The zero-order valence-electron chi connectivity index (χ0n) is 23.4. The van der Waals surface area contributed by atoms with E-state index in [0.29, 0.717) is 17.2 Å². The summed E-state index contributed by atoms with van der Waals surface area (Å²) < 4.78 is 18.2. The van der Waals surface area contributed by atoms with E-state index in [9.17, 15) is 24.7 Å². The minimum Gasteiger partial charge on any atom is -0.618 e. The monoisotopic (exact) mass is 612 g/mol. The van der Waals surface area contributed by atoms with Gasteiger partial charge in [0.05, 0.1) is 29.9 Å². The number of pyridine rings is 1. The lowest BCUT2D eigenvalue weighted by atomic mass is 10.0. The number of nitrogens with one attached hydrogen (secondary N) is 1. The van der Waals surface area contributed by atoms with E-state index in [1.807, 2.05) is 54.6 Å². The Morgan fingerprint density at radius 2 is 1.64 bits per heavy atom. The molecule has 1 aromatic heterocycles. The molecule has 6 rings (SSSR count). The van der Waals surface area contributed by atoms with Crippen LogP contribution in [0.5, 0.6) is 0 Å². The van der Waals surface area contributed by atoms with E-state index in [2.05, 4.69) is 10.1 Å². The Kier molecular flexibility index (Phi) is 8.71. The smallest absolute Gasteiger partial charge is 0.346 e. The lowest BCUT2D eigenvalue weighted by Crippen LogP contribution is -2.32. The zero-order valence-corrected chi connectivity index (χ0v) is 24.2. The average molecular weight is 613 g/mol. The van der Waals surface area contributed by atoms with E-state index < -0.39 is 24.1 Å². The molecule has 0 aliphatic carbocycles. The zero-order chi connectivity index (χ0) is 30.6. The second-order valence-electron chi connectivity index (χ2n) is 10.4. The number of nitrogens with zero attached hydrogens (tertiary/aromatic N) is 1. The van der Waals surface area contributed by atoms with Crippen LogP contribution in [-0.2, 0) is 27.4 Å². The number of thioether (sulfide) groups is 1. The van der Waals surface area contributed by atoms with Gasteiger partial charge in [-0.05, 0) is 41.0 Å². The number of cyclic esters (lactones) is 2. The predicted molar refractivity (Wildman–Crippen MR) is 158 cm³/mol. The Bertz CT molecular complexity index is 1690. The van der Waals surface area contributed by atoms with Crippen LogP contribution in [0.3, 0.4) is 0 Å². The Morgan fingerprint density at radius 3 is 2.39 bits per heavy atom. The highest BCUT2D eigenvalue weighted by atomic mass is 32.2. The van der Waals surface area contributed by atoms with Gasteiger partial charge in [-0.2, -0.15) is 4.73 Å². The third-order valence-corrected chi connectivity index (χ3v) is 8.58. The summed E-state index contributed by atoms with van der Waals surface area (Å²) in [7, 11) is 0. The normalized spacial score (nSPS) is 19.3. The maximum atomic E-state index is 12.7. The average Bonchev–Trinajstić information content (AvgIpc) is 3.35. The second kappa shape index (κ2) is 13.0. The van der Waals surface area contributed by atoms with Crippen molar-refractivity contribution in [2.75, 3.05) is 5.75 Å². The van der Waals surface area contributed by atoms with Gasteiger partial charge in [-0.25, -0.2) is 9.59 Å². The molecule has 0 bridgehead atoms. The van der Waals surface area contributed by atoms with Crippen LogP contribution in [0.1, 0.15) is 72.1 Å². The van der Waals surface area contributed by atoms with Crippen LogP contribution < -0.4 is 10.0 Å². The molecule has 2 aliphatic rings. The Hall–Kier alpha value is -4.55. The molecule has 3 heterocycles. The van der Waals surface area contributed by atoms with Crippen molar-refractivity contribution in [1.82, 2.24) is 5.32 Å². The number of hydrogen-bond donors (Lipinski definition) is 2. The van der Waals surface area contributed by atoms with Gasteiger partial charge in [0.25, 0.3) is 10.9 Å². The van der Waals surface area contributed by atoms with Crippen LogP contribution >= 0.6 is 11.8 Å². The number of hydrogen-bond acceptors (Lipinski definition) is 9. The molecule has 3 aromatic carbocycles. The summed E-state index contributed by atoms with van der Waals surface area (Å²) in [4.78, 5) is 36.2. The molecule has 2 aliphatic heterocycles. The van der Waals surface area contributed by atoms with Crippen molar-refractivity contribution in [3.05, 3.63) is 135 Å². The standard InChI is InChI=1S/C33H28N2O8S/c36-18-21-6-8-22(9-7-21)28-16-25(19-44-29-3-1-2-14-35(29)40)41-33(42-28)23-10-4-20(5-11-23)17-34-30(37)24-12-13-26-27(15-24)32(39)43-31(26)38/h1-15,25,28,33,36H,16-19H2,(H,34,37)/t25-,28+,33?/m0/s1. The third kappa shape index (κ3) is 6.51. The number of esters is 2. The molecule has 2 N–H and O–H groups in total. The van der Waals surface area contributed by atoms with Crippen molar-refractivity contribution in [1.29, 1.82) is 0 Å². The van der Waals surface area contributed by atoms with Crippen molar-refractivity contribution in [2.45, 2.75) is 43.1 Å². The number of aliphatic hydroxyl groups excluding tert-OH is 1. The van der Waals surface area contributed by atoms with Gasteiger partial charge < -0.3 is 29.8 Å². The Balaban J connectivity index is 1.13. The predicted octanol–water partition coefficient (Wildman–Crippen LogP) is 4.39. The van der Waals surface area contributed by atoms with Crippen molar-refractivity contribution in [2.24, 2.45) is 0 Å². The summed E-state index contributed by atoms with van der Waals surface area (Å²) >= 11 is 1.43. The lowest BCUT2D eigenvalue weighted by Gasteiger charge is -2.36. The summed E-state index contributed by atoms with van der Waals surface area (Å²) in [6.45, 7) is 0.191. The first-order valence-electron chi connectivity index (χ1n) is 14.0. The Morgan fingerprint density at radius 1 is 0.909 bits per heavy atom. The van der Waals surface area contributed by atoms with Crippen LogP contribution in [0.4, 0.5) is 0 Å². The highest BCUT2D eigenvalue weighted by Crippen LogP contribution is 2.39. The summed E-state index contributed by atoms with van der Waals surface area (Å²) in [5.74, 6) is -1.32. The number of rotatable bonds is 9. The van der Waals surface area contributed by atoms with Crippen molar-refractivity contribution in [3.8, 4) is 0 Å². The molecule has 0 saturated carbocycles. The molecule has 0 radical (unpaired) electrons. The number of benzene rings is 3. The first-order chi connectivity index (χ1) is 21.4. The number of amides is 1. The number of carbonyl (C=O) groups excluding carboxylic acids is 3. The molecule has 3 atom stereocenters. The van der Waals surface area contributed by atoms with E-state index in [1.54, 1.807) is 12.1 Å². The second-order valence-corrected chi connectivity index (χ2v) is 11.4. The van der Waals surface area contributed by atoms with Gasteiger partial charge in [0.15, 0.2) is 12.5 Å². The molecular formula is C33H28N2O8S. The maximum absolute atomic E-state index is 12.7. The molecule has 1 saturated heterocycles. The van der Waals surface area contributed by atoms with Gasteiger partial charge in [0.2, 0.25) is 0 Å². The van der Waals surface area contributed by atoms with Gasteiger partial charge >= 0.3 is 11.9 Å². The fourth-order valence-corrected chi connectivity index (χ4v) is 5.96. The summed E-state index contributed by atoms with van der Waals surface area (Å²) in [6.07, 6.45) is 0.924. The van der Waals surface area contributed by atoms with Crippen LogP contribution in [0.25, 0.3) is 0 Å². The number of fused-ring (bicyclic) bond motifs is 1. The van der Waals surface area contributed by atoms with Crippen LogP contribution in [0.15, 0.2) is 96.2 Å². The summed E-state index contributed by atoms with van der Waals surface area (Å²) in [6, 6.07) is 24.7. The SMILES string of the molecule is O=C(NCc1ccc(C2O[C@H](CSc3cccc[n+]3[O-])C[C@H](c3ccc(CO)cc3)O2)cc1)c1ccc2c(c1)C(=O)OC2=O. The van der Waals surface area contributed by atoms with Crippen molar-refractivity contribution < 1.29 is 38.4 Å². The van der Waals surface area contributed by atoms with Gasteiger partial charge in [-0.1, -0.05) is 60.3 Å². The van der Waals surface area contributed by atoms with Crippen LogP contribution in [0.2, 0.25) is 0 Å². The fourth-order valence-electron chi connectivity index (χ4n) is 5.03. The molecule has 1 unspecified atom stereocenters. The molecule has 4 aromatic rings. The molecule has 1 fully saturated rings. The van der Waals surface area contributed by atoms with Crippen LogP contribution in [-0.4, -0.2) is 34.8 Å². The molecule has 1 amide bonds. The number of ether oxygens (including phenoxy) is 3. The van der Waals surface area contributed by atoms with E-state index >= 15 is 0 Å². The molecular weight excluding hydrogens is 584 g/mol. The van der Waals surface area contributed by atoms with E-state index in [4.69, 9.17) is 9.47 Å². The van der Waals surface area contributed by atoms with E-state index in [-0.39, 0.29) is 42.0 Å². The van der Waals surface area contributed by atoms with Gasteiger partial charge in [0, 0.05) is 42.0 Å². The van der Waals surface area contributed by atoms with Crippen LogP contribution in [0, 0.1) is 5.21 Å². The minimum atomic E-state index is -0.762. The molecule has 44 heavy (non-hydrogen) atoms. The number of aliphatic hydroxyl groups is 1. The molecule has 11 heteroatoms. The number of aromatic nitrogens is 1. The highest BCUT2D eigenvalue weighted by Gasteiger charge is 2.33. The fraction of sp³-hybridized carbons (Fsp3) is 0.212. The summed E-state index contributed by atoms with van der Waals surface area (Å²) in [5, 5.41) is 25.0. The quantitative estimate of drug-likeness (QED) is 0.0927. The summed E-state index contributed by atoms with van der Waals surface area (Å²) in [5.41, 5.74) is 3.88. The molecule has 0 spiro atoms. The van der Waals surface area contributed by atoms with Gasteiger partial charge in [-0.15, -0.1) is 0 Å². The Labute approximate surface area is 257 Å². The van der Waals surface area contributed by atoms with Crippen molar-refractivity contribution >= 4 is 29.6 Å². The third-order valence-electron chi connectivity index (χ3n) is 7.43. The topological polar surface area (TPSA) is 138 Å². The largest absolute Gasteiger partial charge is 0.618 e. The first-order valence-corrected chi connectivity index (χ1v) is 15.0. The van der Waals surface area contributed by atoms with E-state index in [0.717, 1.165) is 27.0 Å². The molecule has 10 nitrogen and oxygen atoms in total. The highest BCUT2D eigenvalue weighted by molar-refractivity contribution is 7.99. The number of carbonyl (C=O) groups is 3. The van der Waals surface area contributed by atoms with Gasteiger partial charge in [-0.3, -0.25) is 4.79 Å². The van der Waals surface area contributed by atoms with E-state index in [1.165, 1.54) is 36.2 Å². The first kappa shape index (κ1) is 29.5. The maximum Gasteiger partial charge on any atom is 0.346 e. The molecule has 224 valence electrons. The lowest BCUT2D eigenvalue weighted by molar-refractivity contribution is -0.645. The van der Waals surface area contributed by atoms with Crippen molar-refractivity contribution in [3.63, 3.8) is 0 Å².